The van der Waals surface area contributed by atoms with Gasteiger partial charge in [-0.25, -0.2) is 4.98 Å². The molecule has 1 aliphatic heterocycles. The third-order valence-corrected chi connectivity index (χ3v) is 6.73. The summed E-state index contributed by atoms with van der Waals surface area (Å²) >= 11 is 1.43. The van der Waals surface area contributed by atoms with E-state index < -0.39 is 11.8 Å². The zero-order valence-electron chi connectivity index (χ0n) is 18.2. The van der Waals surface area contributed by atoms with Crippen LogP contribution in [0.4, 0.5) is 5.13 Å². The van der Waals surface area contributed by atoms with Crippen LogP contribution in [0.25, 0.3) is 10.2 Å². The Bertz CT molecular complexity index is 1380. The van der Waals surface area contributed by atoms with Crippen LogP contribution in [0, 0.1) is 13.8 Å². The predicted octanol–water partition coefficient (Wildman–Crippen LogP) is 4.74. The van der Waals surface area contributed by atoms with Crippen LogP contribution in [0.15, 0.2) is 66.7 Å². The molecule has 2 heterocycles. The van der Waals surface area contributed by atoms with Gasteiger partial charge in [0.1, 0.15) is 6.54 Å². The topological polar surface area (TPSA) is 70.6 Å². The lowest BCUT2D eigenvalue weighted by Crippen LogP contribution is -2.42. The van der Waals surface area contributed by atoms with Gasteiger partial charge in [-0.3, -0.25) is 24.2 Å². The van der Waals surface area contributed by atoms with Gasteiger partial charge in [-0.1, -0.05) is 59.9 Å². The monoisotopic (exact) mass is 455 g/mol. The van der Waals surface area contributed by atoms with E-state index in [1.165, 1.54) is 11.3 Å². The second-order valence-electron chi connectivity index (χ2n) is 8.13. The number of fused-ring (bicyclic) bond motifs is 2. The molecular weight excluding hydrogens is 434 g/mol. The molecule has 0 radical (unpaired) electrons. The molecule has 0 saturated heterocycles. The van der Waals surface area contributed by atoms with Gasteiger partial charge in [-0.05, 0) is 48.7 Å². The number of carbonyl (C=O) groups excluding carboxylic acids is 3. The summed E-state index contributed by atoms with van der Waals surface area (Å²) in [5, 5.41) is 0.546. The second kappa shape index (κ2) is 8.26. The van der Waals surface area contributed by atoms with Crippen molar-refractivity contribution < 1.29 is 14.4 Å². The summed E-state index contributed by atoms with van der Waals surface area (Å²) < 4.78 is 0.995. The van der Waals surface area contributed by atoms with Crippen molar-refractivity contribution in [1.82, 2.24) is 9.88 Å². The van der Waals surface area contributed by atoms with Crippen LogP contribution in [0.2, 0.25) is 0 Å². The minimum absolute atomic E-state index is 0.292. The van der Waals surface area contributed by atoms with Crippen molar-refractivity contribution in [1.29, 1.82) is 0 Å². The first-order valence-corrected chi connectivity index (χ1v) is 11.4. The number of anilines is 1. The Labute approximate surface area is 195 Å². The molecule has 4 aromatic rings. The first-order chi connectivity index (χ1) is 15.9. The molecule has 0 unspecified atom stereocenters. The average molecular weight is 456 g/mol. The van der Waals surface area contributed by atoms with Crippen molar-refractivity contribution in [3.05, 3.63) is 94.5 Å². The van der Waals surface area contributed by atoms with Gasteiger partial charge in [-0.2, -0.15) is 0 Å². The van der Waals surface area contributed by atoms with Gasteiger partial charge < -0.3 is 0 Å². The molecule has 3 amide bonds. The predicted molar refractivity (Wildman–Crippen MR) is 129 cm³/mol. The van der Waals surface area contributed by atoms with Gasteiger partial charge in [0, 0.05) is 0 Å². The summed E-state index contributed by atoms with van der Waals surface area (Å²) in [6.07, 6.45) is 0. The van der Waals surface area contributed by atoms with E-state index in [9.17, 15) is 14.4 Å². The Balaban J connectivity index is 1.50. The number of aromatic nitrogens is 1. The molecular formula is C26H21N3O3S. The zero-order valence-corrected chi connectivity index (χ0v) is 19.1. The van der Waals surface area contributed by atoms with Crippen LogP contribution in [0.1, 0.15) is 37.4 Å². The molecule has 0 spiro atoms. The summed E-state index contributed by atoms with van der Waals surface area (Å²) in [7, 11) is 0. The van der Waals surface area contributed by atoms with Crippen LogP contribution in [-0.4, -0.2) is 34.2 Å². The molecule has 6 nitrogen and oxygen atoms in total. The molecule has 164 valence electrons. The van der Waals surface area contributed by atoms with E-state index in [0.29, 0.717) is 22.8 Å². The van der Waals surface area contributed by atoms with E-state index in [0.717, 1.165) is 31.8 Å². The quantitative estimate of drug-likeness (QED) is 0.408. The average Bonchev–Trinajstić information content (AvgIpc) is 3.33. The summed E-state index contributed by atoms with van der Waals surface area (Å²) in [6.45, 7) is 3.98. The number of amides is 3. The molecule has 0 saturated carbocycles. The number of carbonyl (C=O) groups is 3. The van der Waals surface area contributed by atoms with Crippen LogP contribution in [-0.2, 0) is 11.3 Å². The molecule has 33 heavy (non-hydrogen) atoms. The maximum atomic E-state index is 13.5. The van der Waals surface area contributed by atoms with Gasteiger partial charge in [0.25, 0.3) is 11.8 Å². The first kappa shape index (κ1) is 21.0. The number of rotatable bonds is 5. The van der Waals surface area contributed by atoms with Crippen LogP contribution in [0.3, 0.4) is 0 Å². The molecule has 0 atom stereocenters. The van der Waals surface area contributed by atoms with Gasteiger partial charge in [0.2, 0.25) is 5.91 Å². The highest BCUT2D eigenvalue weighted by Gasteiger charge is 2.37. The standard InChI is InChI=1S/C26H21N3O3S/c1-16-12-17(2)23-21(13-16)33-26(27-23)28(14-18-8-4-3-5-9-18)22(30)15-29-24(31)19-10-6-7-11-20(19)25(29)32/h3-13H,14-15H2,1-2H3. The van der Waals surface area contributed by atoms with Gasteiger partial charge >= 0.3 is 0 Å². The highest BCUT2D eigenvalue weighted by molar-refractivity contribution is 7.22. The fraction of sp³-hybridized carbons (Fsp3) is 0.154. The van der Waals surface area contributed by atoms with Gasteiger partial charge in [-0.15, -0.1) is 0 Å². The molecule has 5 rings (SSSR count). The van der Waals surface area contributed by atoms with Gasteiger partial charge in [0.05, 0.1) is 27.9 Å². The zero-order chi connectivity index (χ0) is 23.1. The largest absolute Gasteiger partial charge is 0.282 e. The summed E-state index contributed by atoms with van der Waals surface area (Å²) in [4.78, 5) is 46.5. The fourth-order valence-corrected chi connectivity index (χ4v) is 5.26. The van der Waals surface area contributed by atoms with E-state index in [2.05, 4.69) is 12.1 Å². The highest BCUT2D eigenvalue weighted by Crippen LogP contribution is 2.33. The van der Waals surface area contributed by atoms with Crippen molar-refractivity contribution in [3.63, 3.8) is 0 Å². The van der Waals surface area contributed by atoms with E-state index in [4.69, 9.17) is 4.98 Å². The second-order valence-corrected chi connectivity index (χ2v) is 9.14. The molecule has 1 aromatic heterocycles. The number of hydrogen-bond donors (Lipinski definition) is 0. The maximum absolute atomic E-state index is 13.5. The molecule has 1 aliphatic rings. The summed E-state index contributed by atoms with van der Waals surface area (Å²) in [5.74, 6) is -1.25. The molecule has 0 fully saturated rings. The third kappa shape index (κ3) is 3.81. The van der Waals surface area contributed by atoms with E-state index >= 15 is 0 Å². The number of aryl methyl sites for hydroxylation is 2. The van der Waals surface area contributed by atoms with E-state index in [-0.39, 0.29) is 12.5 Å². The third-order valence-electron chi connectivity index (χ3n) is 5.71. The highest BCUT2D eigenvalue weighted by atomic mass is 32.1. The first-order valence-electron chi connectivity index (χ1n) is 10.6. The van der Waals surface area contributed by atoms with Crippen molar-refractivity contribution in [2.24, 2.45) is 0 Å². The Kier molecular flexibility index (Phi) is 5.26. The minimum Gasteiger partial charge on any atom is -0.282 e. The number of thiazole rings is 1. The Morgan fingerprint density at radius 1 is 0.939 bits per heavy atom. The van der Waals surface area contributed by atoms with Crippen LogP contribution >= 0.6 is 11.3 Å². The lowest BCUT2D eigenvalue weighted by atomic mass is 10.1. The van der Waals surface area contributed by atoms with Gasteiger partial charge in [0.15, 0.2) is 5.13 Å². The van der Waals surface area contributed by atoms with Crippen molar-refractivity contribution >= 4 is 44.4 Å². The molecule has 0 bridgehead atoms. The summed E-state index contributed by atoms with van der Waals surface area (Å²) in [5.41, 5.74) is 4.61. The fourth-order valence-electron chi connectivity index (χ4n) is 4.11. The minimum atomic E-state index is -0.445. The van der Waals surface area contributed by atoms with Crippen LogP contribution < -0.4 is 4.90 Å². The molecule has 0 aliphatic carbocycles. The Morgan fingerprint density at radius 2 is 1.58 bits per heavy atom. The molecule has 3 aromatic carbocycles. The number of nitrogens with zero attached hydrogens (tertiary/aromatic N) is 3. The van der Waals surface area contributed by atoms with Crippen molar-refractivity contribution in [2.45, 2.75) is 20.4 Å². The molecule has 0 N–H and O–H groups in total. The number of imide groups is 1. The number of benzene rings is 3. The smallest absolute Gasteiger partial charge is 0.262 e. The number of hydrogen-bond acceptors (Lipinski definition) is 5. The van der Waals surface area contributed by atoms with E-state index in [1.807, 2.05) is 44.2 Å². The Morgan fingerprint density at radius 3 is 2.24 bits per heavy atom. The van der Waals surface area contributed by atoms with Crippen LogP contribution in [0.5, 0.6) is 0 Å². The molecule has 7 heteroatoms. The van der Waals surface area contributed by atoms with E-state index in [1.54, 1.807) is 29.2 Å². The van der Waals surface area contributed by atoms with Crippen molar-refractivity contribution in [3.8, 4) is 0 Å². The maximum Gasteiger partial charge on any atom is 0.262 e. The SMILES string of the molecule is Cc1cc(C)c2nc(N(Cc3ccccc3)C(=O)CN3C(=O)c4ccccc4C3=O)sc2c1. The Hall–Kier alpha value is -3.84. The summed E-state index contributed by atoms with van der Waals surface area (Å²) in [6, 6.07) is 20.4. The van der Waals surface area contributed by atoms with Crippen molar-refractivity contribution in [2.75, 3.05) is 11.4 Å². The lowest BCUT2D eigenvalue weighted by molar-refractivity contribution is -0.119. The lowest BCUT2D eigenvalue weighted by Gasteiger charge is -2.22. The normalized spacial score (nSPS) is 13.0.